The number of carbonyl (C=O) groups is 2. The van der Waals surface area contributed by atoms with Gasteiger partial charge < -0.3 is 19.8 Å². The molecule has 0 aliphatic carbocycles. The second-order valence-corrected chi connectivity index (χ2v) is 6.12. The minimum atomic E-state index is -4.51. The Labute approximate surface area is 151 Å². The Morgan fingerprint density at radius 1 is 1.41 bits per heavy atom. The van der Waals surface area contributed by atoms with Gasteiger partial charge in [-0.3, -0.25) is 9.59 Å². The molecule has 1 fully saturated rings. The van der Waals surface area contributed by atoms with Crippen LogP contribution in [0.5, 0.6) is 5.95 Å². The zero-order chi connectivity index (χ0) is 19.6. The van der Waals surface area contributed by atoms with E-state index in [1.54, 1.807) is 0 Å². The van der Waals surface area contributed by atoms with E-state index < -0.39 is 29.6 Å². The van der Waals surface area contributed by atoms with Gasteiger partial charge in [-0.2, -0.15) is 13.2 Å². The number of rotatable bonds is 5. The average Bonchev–Trinajstić information content (AvgIpc) is 3.12. The summed E-state index contributed by atoms with van der Waals surface area (Å²) in [5.74, 6) is -1.55. The Kier molecular flexibility index (Phi) is 5.02. The smallest absolute Gasteiger partial charge is 0.416 e. The molecule has 1 saturated heterocycles. The monoisotopic (exact) mass is 384 g/mol. The summed E-state index contributed by atoms with van der Waals surface area (Å²) in [6.45, 7) is -0.376. The summed E-state index contributed by atoms with van der Waals surface area (Å²) in [4.78, 5) is 25.3. The zero-order valence-corrected chi connectivity index (χ0v) is 13.9. The summed E-state index contributed by atoms with van der Waals surface area (Å²) in [5, 5.41) is 16.8. The predicted molar refractivity (Wildman–Crippen MR) is 79.6 cm³/mol. The van der Waals surface area contributed by atoms with E-state index in [2.05, 4.69) is 15.1 Å². The summed E-state index contributed by atoms with van der Waals surface area (Å²) in [6, 6.07) is 4.51. The number of aromatic nitrogens is 2. The molecule has 1 aromatic carbocycles. The number of benzene rings is 1. The van der Waals surface area contributed by atoms with Crippen LogP contribution in [0.2, 0.25) is 0 Å². The van der Waals surface area contributed by atoms with Crippen LogP contribution < -0.4 is 15.1 Å². The lowest BCUT2D eigenvalue weighted by atomic mass is 10.1. The molecule has 1 atom stereocenters. The Balaban J connectivity index is 1.60. The van der Waals surface area contributed by atoms with Crippen LogP contribution in [0.15, 0.2) is 35.0 Å². The summed E-state index contributed by atoms with van der Waals surface area (Å²) < 4.78 is 44.5. The van der Waals surface area contributed by atoms with Crippen molar-refractivity contribution >= 4 is 11.8 Å². The molecular weight excluding hydrogens is 369 g/mol. The van der Waals surface area contributed by atoms with Crippen molar-refractivity contribution in [2.75, 3.05) is 6.54 Å². The van der Waals surface area contributed by atoms with Crippen LogP contribution in [0, 0.1) is 0 Å². The number of alkyl halides is 3. The number of nitrogens with zero attached hydrogens (tertiary/aromatic N) is 3. The third kappa shape index (κ3) is 4.54. The van der Waals surface area contributed by atoms with Crippen LogP contribution in [0.3, 0.4) is 0 Å². The number of hydrogen-bond acceptors (Lipinski definition) is 5. The lowest BCUT2D eigenvalue weighted by Gasteiger charge is -2.20. The van der Waals surface area contributed by atoms with Crippen LogP contribution in [-0.4, -0.2) is 34.6 Å². The molecule has 11 heteroatoms. The molecule has 27 heavy (non-hydrogen) atoms. The highest BCUT2D eigenvalue weighted by molar-refractivity contribution is 5.81. The van der Waals surface area contributed by atoms with Gasteiger partial charge in [-0.25, -0.2) is 0 Å². The van der Waals surface area contributed by atoms with Crippen molar-refractivity contribution in [3.8, 4) is 5.95 Å². The van der Waals surface area contributed by atoms with Gasteiger partial charge in [-0.15, -0.1) is 0 Å². The number of nitrogens with one attached hydrogen (secondary N) is 1. The highest BCUT2D eigenvalue weighted by Crippen LogP contribution is 2.32. The third-order valence-corrected chi connectivity index (χ3v) is 4.06. The van der Waals surface area contributed by atoms with Crippen LogP contribution in [0.1, 0.15) is 17.5 Å². The van der Waals surface area contributed by atoms with Gasteiger partial charge in [0.1, 0.15) is 5.95 Å². The Bertz CT molecular complexity index is 852. The van der Waals surface area contributed by atoms with Crippen LogP contribution in [-0.2, 0) is 28.9 Å². The molecule has 0 bridgehead atoms. The maximum atomic E-state index is 13.1. The van der Waals surface area contributed by atoms with E-state index in [1.165, 1.54) is 23.1 Å². The van der Waals surface area contributed by atoms with Crippen molar-refractivity contribution in [3.63, 3.8) is 0 Å². The van der Waals surface area contributed by atoms with E-state index in [0.717, 1.165) is 16.9 Å². The molecule has 0 saturated carbocycles. The molecule has 0 spiro atoms. The summed E-state index contributed by atoms with van der Waals surface area (Å²) >= 11 is 0. The molecule has 144 valence electrons. The number of carbonyl (C=O) groups excluding carboxylic acids is 2. The van der Waals surface area contributed by atoms with Gasteiger partial charge in [0.05, 0.1) is 16.9 Å². The molecule has 0 radical (unpaired) electrons. The van der Waals surface area contributed by atoms with Crippen molar-refractivity contribution in [2.24, 2.45) is 0 Å². The highest BCUT2D eigenvalue weighted by atomic mass is 19.4. The van der Waals surface area contributed by atoms with Gasteiger partial charge in [-0.05, 0) is 11.6 Å². The van der Waals surface area contributed by atoms with Gasteiger partial charge >= 0.3 is 6.18 Å². The molecule has 1 N–H and O–H groups in total. The maximum Gasteiger partial charge on any atom is 0.416 e. The number of amides is 2. The number of hydrogen-bond donors (Lipinski definition) is 1. The molecule has 3 rings (SSSR count). The Morgan fingerprint density at radius 3 is 2.81 bits per heavy atom. The normalized spacial score (nSPS) is 17.4. The van der Waals surface area contributed by atoms with Crippen LogP contribution >= 0.6 is 0 Å². The highest BCUT2D eigenvalue weighted by Gasteiger charge is 2.36. The van der Waals surface area contributed by atoms with Crippen molar-refractivity contribution in [2.45, 2.75) is 31.7 Å². The molecule has 2 heterocycles. The molecule has 1 aliphatic rings. The largest absolute Gasteiger partial charge is 0.539 e. The van der Waals surface area contributed by atoms with E-state index in [1.807, 2.05) is 0 Å². The fourth-order valence-electron chi connectivity index (χ4n) is 2.92. The van der Waals surface area contributed by atoms with Gasteiger partial charge in [0.15, 0.2) is 0 Å². The molecule has 1 unspecified atom stereocenters. The van der Waals surface area contributed by atoms with E-state index in [-0.39, 0.29) is 37.5 Å². The van der Waals surface area contributed by atoms with Gasteiger partial charge in [0.25, 0.3) is 12.5 Å². The molecule has 1 aromatic heterocycles. The second kappa shape index (κ2) is 7.25. The fourth-order valence-corrected chi connectivity index (χ4v) is 2.92. The van der Waals surface area contributed by atoms with E-state index in [9.17, 15) is 27.9 Å². The molecule has 8 nitrogen and oxygen atoms in total. The average molecular weight is 384 g/mol. The van der Waals surface area contributed by atoms with Crippen molar-refractivity contribution in [1.82, 2.24) is 15.5 Å². The first kappa shape index (κ1) is 18.7. The lowest BCUT2D eigenvalue weighted by Crippen LogP contribution is -2.47. The number of halogens is 3. The first-order valence-electron chi connectivity index (χ1n) is 7.98. The Morgan fingerprint density at radius 2 is 2.15 bits per heavy atom. The van der Waals surface area contributed by atoms with Gasteiger partial charge in [0, 0.05) is 19.5 Å². The minimum Gasteiger partial charge on any atom is -0.539 e. The van der Waals surface area contributed by atoms with Crippen molar-refractivity contribution < 1.29 is 37.1 Å². The van der Waals surface area contributed by atoms with Gasteiger partial charge in [0.2, 0.25) is 12.1 Å². The van der Waals surface area contributed by atoms with Crippen molar-refractivity contribution in [3.05, 3.63) is 41.6 Å². The predicted octanol–water partition coefficient (Wildman–Crippen LogP) is -0.0282. The summed E-state index contributed by atoms with van der Waals surface area (Å²) in [6.07, 6.45) is -3.53. The summed E-state index contributed by atoms with van der Waals surface area (Å²) in [5.41, 5.74) is -0.799. The standard InChI is InChI=1S/C16H15F3N4O4/c17-16(18,19)12-4-2-1-3-10(12)6-22-7-11(5-14(22)25)20-13(24)8-23-9-15(26)27-21-23/h1-4,9,11H,5-8H2,(H-,20,21,24,26). The quantitative estimate of drug-likeness (QED) is 0.730. The van der Waals surface area contributed by atoms with E-state index in [0.29, 0.717) is 0 Å². The topological polar surface area (TPSA) is 102 Å². The molecule has 2 aromatic rings. The third-order valence-electron chi connectivity index (χ3n) is 4.06. The number of likely N-dealkylation sites (tertiary alicyclic amines) is 1. The fraction of sp³-hybridized carbons (Fsp3) is 0.375. The summed E-state index contributed by atoms with van der Waals surface area (Å²) in [7, 11) is 0. The van der Waals surface area contributed by atoms with E-state index in [4.69, 9.17) is 0 Å². The Hall–Kier alpha value is -3.11. The second-order valence-electron chi connectivity index (χ2n) is 6.12. The SMILES string of the molecule is O=C(C[n+]1cc([O-])on1)NC1CC(=O)N(Cc2ccccc2C(F)(F)F)C1. The maximum absolute atomic E-state index is 13.1. The van der Waals surface area contributed by atoms with Crippen LogP contribution in [0.4, 0.5) is 13.2 Å². The molecule has 2 amide bonds. The molecular formula is C16H15F3N4O4. The van der Waals surface area contributed by atoms with E-state index >= 15 is 0 Å². The molecule has 1 aliphatic heterocycles. The zero-order valence-electron chi connectivity index (χ0n) is 13.9. The first-order chi connectivity index (χ1) is 12.7. The first-order valence-corrected chi connectivity index (χ1v) is 7.98. The van der Waals surface area contributed by atoms with Crippen LogP contribution in [0.25, 0.3) is 0 Å². The lowest BCUT2D eigenvalue weighted by molar-refractivity contribution is -0.751. The minimum absolute atomic E-state index is 0.00791. The van der Waals surface area contributed by atoms with Crippen molar-refractivity contribution in [1.29, 1.82) is 0 Å². The van der Waals surface area contributed by atoms with Gasteiger partial charge in [-0.1, -0.05) is 22.9 Å².